The highest BCUT2D eigenvalue weighted by molar-refractivity contribution is 7.80. The second-order valence-electron chi connectivity index (χ2n) is 13.9. The molecule has 2 aromatic carbocycles. The van der Waals surface area contributed by atoms with E-state index in [1.165, 1.54) is 13.8 Å². The number of carboxylic acid groups (broad SMARTS) is 1. The van der Waals surface area contributed by atoms with Crippen molar-refractivity contribution in [1.29, 1.82) is 10.8 Å². The average molecular weight is 813 g/mol. The summed E-state index contributed by atoms with van der Waals surface area (Å²) in [7, 11) is 0. The van der Waals surface area contributed by atoms with Gasteiger partial charge in [-0.05, 0) is 50.7 Å². The zero-order valence-electron chi connectivity index (χ0n) is 32.1. The molecule has 5 atom stereocenters. The van der Waals surface area contributed by atoms with Gasteiger partial charge in [-0.25, -0.2) is 4.79 Å². The quantitative estimate of drug-likeness (QED) is 0.0241. The molecule has 0 aromatic heterocycles. The van der Waals surface area contributed by atoms with Gasteiger partial charge in [0.25, 0.3) is 0 Å². The summed E-state index contributed by atoms with van der Waals surface area (Å²) in [5, 5.41) is 42.8. The molecule has 0 aliphatic carbocycles. The van der Waals surface area contributed by atoms with E-state index in [2.05, 4.69) is 49.8 Å². The van der Waals surface area contributed by atoms with Crippen LogP contribution in [0.2, 0.25) is 0 Å². The van der Waals surface area contributed by atoms with E-state index in [0.29, 0.717) is 17.5 Å². The van der Waals surface area contributed by atoms with Gasteiger partial charge >= 0.3 is 5.97 Å². The number of guanidine groups is 2. The van der Waals surface area contributed by atoms with E-state index < -0.39 is 71.3 Å². The van der Waals surface area contributed by atoms with Gasteiger partial charge < -0.3 is 59.5 Å². The van der Waals surface area contributed by atoms with Crippen LogP contribution in [0.5, 0.6) is 0 Å². The van der Waals surface area contributed by atoms with E-state index >= 15 is 0 Å². The highest BCUT2D eigenvalue weighted by Gasteiger charge is 2.33. The van der Waals surface area contributed by atoms with Crippen molar-refractivity contribution in [3.63, 3.8) is 0 Å². The van der Waals surface area contributed by atoms with Gasteiger partial charge in [0.05, 0.1) is 5.54 Å². The lowest BCUT2D eigenvalue weighted by Gasteiger charge is -2.28. The summed E-state index contributed by atoms with van der Waals surface area (Å²) < 4.78 is 0. The maximum atomic E-state index is 14.2. The molecule has 19 nitrogen and oxygen atoms in total. The van der Waals surface area contributed by atoms with Crippen LogP contribution in [0, 0.1) is 10.8 Å². The summed E-state index contributed by atoms with van der Waals surface area (Å²) in [4.78, 5) is 80.0. The lowest BCUT2D eigenvalue weighted by Crippen LogP contribution is -2.60. The van der Waals surface area contributed by atoms with Gasteiger partial charge in [-0.2, -0.15) is 12.6 Å². The summed E-state index contributed by atoms with van der Waals surface area (Å²) >= 11 is 4.02. The van der Waals surface area contributed by atoms with Crippen LogP contribution in [-0.4, -0.2) is 107 Å². The molecule has 0 aliphatic rings. The Morgan fingerprint density at radius 3 is 1.33 bits per heavy atom. The van der Waals surface area contributed by atoms with Crippen LogP contribution in [0.1, 0.15) is 50.7 Å². The summed E-state index contributed by atoms with van der Waals surface area (Å²) in [6, 6.07) is 11.1. The van der Waals surface area contributed by atoms with Crippen molar-refractivity contribution in [2.75, 3.05) is 18.8 Å². The van der Waals surface area contributed by atoms with Gasteiger partial charge in [0.2, 0.25) is 29.5 Å². The predicted octanol–water partition coefficient (Wildman–Crippen LogP) is -1.83. The Balaban J connectivity index is 2.45. The van der Waals surface area contributed by atoms with E-state index in [0.717, 1.165) is 0 Å². The third-order valence-electron chi connectivity index (χ3n) is 8.44. The maximum Gasteiger partial charge on any atom is 0.327 e. The Morgan fingerprint density at radius 1 is 0.632 bits per heavy atom. The molecular formula is C37H56N12O7S. The van der Waals surface area contributed by atoms with Crippen LogP contribution in [0.4, 0.5) is 0 Å². The molecule has 312 valence electrons. The number of thiol groups is 1. The standard InChI is InChI=1S/C37H56N12O7S/c1-37(2,42)34(56)49-25(16-10-18-44-36(40)41)30(51)47-26(19-22-11-5-3-6-12-22)31(52)45-24(15-9-17-43-35(38)39)29(50)46-27(20-23-13-7-4-8-14-23)32(53)48-28(21-57)33(54)55/h3-8,11-14,24-28,57H,9-10,15-21,42H2,1-2H3,(H,45,52)(H,46,50)(H,47,51)(H,48,53)(H,49,56)(H,54,55)(H4,38,39,43)(H4,40,41,44)/t24-,25-,26+,27-,28-/m0/s1. The van der Waals surface area contributed by atoms with Gasteiger partial charge in [0.15, 0.2) is 11.9 Å². The van der Waals surface area contributed by atoms with Crippen LogP contribution < -0.4 is 54.4 Å². The molecule has 2 rings (SSSR count). The third kappa shape index (κ3) is 18.1. The number of carbonyl (C=O) groups excluding carboxylic acids is 5. The number of benzene rings is 2. The van der Waals surface area contributed by atoms with Crippen molar-refractivity contribution < 1.29 is 33.9 Å². The summed E-state index contributed by atoms with van der Waals surface area (Å²) in [5.74, 6) is -5.79. The smallest absolute Gasteiger partial charge is 0.327 e. The predicted molar refractivity (Wildman–Crippen MR) is 218 cm³/mol. The molecular weight excluding hydrogens is 757 g/mol. The summed E-state index contributed by atoms with van der Waals surface area (Å²) in [5.41, 5.74) is 16.8. The van der Waals surface area contributed by atoms with Gasteiger partial charge in [-0.3, -0.25) is 34.8 Å². The summed E-state index contributed by atoms with van der Waals surface area (Å²) in [6.45, 7) is 3.32. The van der Waals surface area contributed by atoms with Gasteiger partial charge in [-0.1, -0.05) is 60.7 Å². The summed E-state index contributed by atoms with van der Waals surface area (Å²) in [6.07, 6.45) is 0.557. The number of hydrogen-bond acceptors (Lipinski definition) is 10. The first kappa shape index (κ1) is 47.3. The molecule has 0 fully saturated rings. The Bertz CT molecular complexity index is 1680. The van der Waals surface area contributed by atoms with Crippen LogP contribution in [-0.2, 0) is 41.6 Å². The third-order valence-corrected chi connectivity index (χ3v) is 8.80. The number of rotatable bonds is 24. The molecule has 16 N–H and O–H groups in total. The van der Waals surface area contributed by atoms with Crippen molar-refractivity contribution in [3.05, 3.63) is 71.8 Å². The molecule has 0 spiro atoms. The minimum atomic E-state index is -1.35. The minimum Gasteiger partial charge on any atom is -0.480 e. The number of aliphatic carboxylic acids is 1. The highest BCUT2D eigenvalue weighted by atomic mass is 32.1. The second kappa shape index (κ2) is 23.9. The maximum absolute atomic E-state index is 14.2. The zero-order valence-corrected chi connectivity index (χ0v) is 33.0. The topological polar surface area (TPSA) is 333 Å². The van der Waals surface area contributed by atoms with Crippen LogP contribution in [0.15, 0.2) is 60.7 Å². The van der Waals surface area contributed by atoms with Gasteiger partial charge in [0, 0.05) is 31.7 Å². The molecule has 0 unspecified atom stereocenters. The first-order valence-electron chi connectivity index (χ1n) is 18.3. The van der Waals surface area contributed by atoms with Crippen molar-refractivity contribution in [2.24, 2.45) is 17.2 Å². The average Bonchev–Trinajstić information content (AvgIpc) is 3.15. The molecule has 0 bridgehead atoms. The Labute approximate surface area is 337 Å². The Kier molecular flexibility index (Phi) is 19.8. The fourth-order valence-electron chi connectivity index (χ4n) is 5.33. The molecule has 0 saturated carbocycles. The molecule has 5 amide bonds. The lowest BCUT2D eigenvalue weighted by atomic mass is 10.0. The Morgan fingerprint density at radius 2 is 0.982 bits per heavy atom. The van der Waals surface area contributed by atoms with E-state index in [9.17, 15) is 33.9 Å². The fourth-order valence-corrected chi connectivity index (χ4v) is 5.58. The molecule has 0 aliphatic heterocycles. The largest absolute Gasteiger partial charge is 0.480 e. The van der Waals surface area contributed by atoms with Gasteiger partial charge in [-0.15, -0.1) is 0 Å². The number of nitrogens with one attached hydrogen (secondary N) is 9. The van der Waals surface area contributed by atoms with Crippen molar-refractivity contribution in [2.45, 2.75) is 88.1 Å². The van der Waals surface area contributed by atoms with E-state index in [-0.39, 0.29) is 62.9 Å². The van der Waals surface area contributed by atoms with Crippen molar-refractivity contribution in [1.82, 2.24) is 37.2 Å². The number of amides is 5. The van der Waals surface area contributed by atoms with Crippen molar-refractivity contribution >= 4 is 60.1 Å². The zero-order chi connectivity index (χ0) is 42.5. The molecule has 2 aromatic rings. The first-order valence-corrected chi connectivity index (χ1v) is 18.9. The molecule has 0 saturated heterocycles. The van der Waals surface area contributed by atoms with E-state index in [1.807, 2.05) is 0 Å². The number of carbonyl (C=O) groups is 6. The second-order valence-corrected chi connectivity index (χ2v) is 14.2. The molecule has 57 heavy (non-hydrogen) atoms. The van der Waals surface area contributed by atoms with Crippen LogP contribution in [0.25, 0.3) is 0 Å². The number of carboxylic acids is 1. The monoisotopic (exact) mass is 812 g/mol. The fraction of sp³-hybridized carbons (Fsp3) is 0.459. The number of hydrogen-bond donors (Lipinski definition) is 14. The minimum absolute atomic E-state index is 0.00859. The van der Waals surface area contributed by atoms with E-state index in [1.54, 1.807) is 60.7 Å². The molecule has 20 heteroatoms. The highest BCUT2D eigenvalue weighted by Crippen LogP contribution is 2.10. The molecule has 0 heterocycles. The molecule has 0 radical (unpaired) electrons. The van der Waals surface area contributed by atoms with E-state index in [4.69, 9.17) is 28.0 Å². The van der Waals surface area contributed by atoms with Crippen LogP contribution >= 0.6 is 12.6 Å². The number of nitrogens with two attached hydrogens (primary N) is 3. The Hall–Kier alpha value is -5.89. The lowest BCUT2D eigenvalue weighted by molar-refractivity contribution is -0.141. The van der Waals surface area contributed by atoms with Crippen molar-refractivity contribution in [3.8, 4) is 0 Å². The van der Waals surface area contributed by atoms with Gasteiger partial charge in [0.1, 0.15) is 30.2 Å². The first-order chi connectivity index (χ1) is 26.9. The SMILES string of the molecule is CC(C)(N)C(=O)N[C@@H](CCCNC(=N)N)C(=O)N[C@H](Cc1ccccc1)C(=O)N[C@@H](CCCNC(=N)N)C(=O)N[C@@H](Cc1ccccc1)C(=O)N[C@@H](CS)C(=O)O. The normalized spacial score (nSPS) is 13.6. The van der Waals surface area contributed by atoms with Crippen LogP contribution in [0.3, 0.4) is 0 Å².